The van der Waals surface area contributed by atoms with Gasteiger partial charge >= 0.3 is 5.97 Å². The van der Waals surface area contributed by atoms with E-state index >= 15 is 0 Å². The minimum atomic E-state index is -3.84. The van der Waals surface area contributed by atoms with Gasteiger partial charge in [0.2, 0.25) is 15.9 Å². The Morgan fingerprint density at radius 3 is 2.38 bits per heavy atom. The summed E-state index contributed by atoms with van der Waals surface area (Å²) in [5, 5.41) is 29.7. The van der Waals surface area contributed by atoms with Crippen molar-refractivity contribution in [3.63, 3.8) is 0 Å². The number of rotatable bonds is 13. The van der Waals surface area contributed by atoms with Gasteiger partial charge in [-0.1, -0.05) is 44.2 Å². The van der Waals surface area contributed by atoms with Crippen LogP contribution in [0.2, 0.25) is 0 Å². The Bertz CT molecular complexity index is 1150. The molecule has 9 nitrogen and oxygen atoms in total. The van der Waals surface area contributed by atoms with E-state index in [1.54, 1.807) is 13.0 Å². The van der Waals surface area contributed by atoms with Gasteiger partial charge in [-0.15, -0.1) is 0 Å². The van der Waals surface area contributed by atoms with Gasteiger partial charge in [0.05, 0.1) is 29.0 Å². The van der Waals surface area contributed by atoms with E-state index in [1.165, 1.54) is 30.3 Å². The van der Waals surface area contributed by atoms with Crippen LogP contribution in [-0.2, 0) is 26.0 Å². The maximum absolute atomic E-state index is 12.8. The Morgan fingerprint density at radius 2 is 1.88 bits per heavy atom. The quantitative estimate of drug-likeness (QED) is 0.189. The number of hydrogen-bond acceptors (Lipinski definition) is 6. The van der Waals surface area contributed by atoms with Crippen LogP contribution in [-0.4, -0.2) is 42.8 Å². The van der Waals surface area contributed by atoms with Gasteiger partial charge in [0.25, 0.3) is 0 Å². The Balaban J connectivity index is 2.91. The lowest BCUT2D eigenvalue weighted by Crippen LogP contribution is -2.32. The van der Waals surface area contributed by atoms with Crippen molar-refractivity contribution in [1.29, 1.82) is 10.5 Å². The van der Waals surface area contributed by atoms with E-state index in [4.69, 9.17) is 10.5 Å². The fourth-order valence-corrected chi connectivity index (χ4v) is 4.25. The summed E-state index contributed by atoms with van der Waals surface area (Å²) in [6.07, 6.45) is 4.22. The van der Waals surface area contributed by atoms with Crippen LogP contribution in [0, 0.1) is 22.7 Å². The summed E-state index contributed by atoms with van der Waals surface area (Å²) in [7, 11) is -3.84. The van der Waals surface area contributed by atoms with E-state index in [0.717, 1.165) is 10.7 Å². The number of unbranched alkanes of at least 4 members (excludes halogenated alkanes) is 1. The first-order valence-corrected chi connectivity index (χ1v) is 12.0. The van der Waals surface area contributed by atoms with Gasteiger partial charge < -0.3 is 10.4 Å². The number of nitrogens with one attached hydrogen (secondary N) is 1. The predicted molar refractivity (Wildman–Crippen MR) is 126 cm³/mol. The highest BCUT2D eigenvalue weighted by molar-refractivity contribution is 7.89. The minimum Gasteiger partial charge on any atom is -0.478 e. The number of carbonyl (C=O) groups is 2. The summed E-state index contributed by atoms with van der Waals surface area (Å²) in [5.41, 5.74) is 0.532. The summed E-state index contributed by atoms with van der Waals surface area (Å²) in [6.45, 7) is 7.17. The monoisotopic (exact) mass is 484 g/mol. The van der Waals surface area contributed by atoms with Crippen LogP contribution in [0.3, 0.4) is 0 Å². The summed E-state index contributed by atoms with van der Waals surface area (Å²) in [6, 6.07) is 9.51. The number of carbonyl (C=O) groups excluding carboxylic acids is 1. The zero-order chi connectivity index (χ0) is 25.7. The third-order valence-electron chi connectivity index (χ3n) is 4.80. The smallest absolute Gasteiger partial charge is 0.337 e. The van der Waals surface area contributed by atoms with Crippen molar-refractivity contribution < 1.29 is 23.1 Å². The van der Waals surface area contributed by atoms with Gasteiger partial charge in [0, 0.05) is 24.2 Å². The van der Waals surface area contributed by atoms with Gasteiger partial charge in [-0.05, 0) is 31.0 Å². The first-order chi connectivity index (χ1) is 16.1. The lowest BCUT2D eigenvalue weighted by atomic mass is 10.1. The number of benzene rings is 1. The van der Waals surface area contributed by atoms with Gasteiger partial charge in [-0.2, -0.15) is 14.8 Å². The molecule has 10 heteroatoms. The fourth-order valence-electron chi connectivity index (χ4n) is 2.87. The Morgan fingerprint density at radius 1 is 1.24 bits per heavy atom. The molecule has 0 aliphatic carbocycles. The van der Waals surface area contributed by atoms with E-state index in [2.05, 4.69) is 11.9 Å². The average molecular weight is 485 g/mol. The normalized spacial score (nSPS) is 12.0. The Labute approximate surface area is 200 Å². The molecular formula is C24H28N4O5S. The van der Waals surface area contributed by atoms with Crippen LogP contribution in [0.15, 0.2) is 64.7 Å². The number of nitrogens with zero attached hydrogens (tertiary/aromatic N) is 3. The van der Waals surface area contributed by atoms with Crippen molar-refractivity contribution in [1.82, 2.24) is 9.62 Å². The highest BCUT2D eigenvalue weighted by Crippen LogP contribution is 2.18. The van der Waals surface area contributed by atoms with Crippen LogP contribution in [0.5, 0.6) is 0 Å². The summed E-state index contributed by atoms with van der Waals surface area (Å²) in [5.74, 6) is -1.83. The number of allylic oxidation sites excluding steroid dienone is 3. The van der Waals surface area contributed by atoms with E-state index in [-0.39, 0.29) is 42.1 Å². The third-order valence-corrected chi connectivity index (χ3v) is 6.66. The lowest BCUT2D eigenvalue weighted by Gasteiger charge is -2.19. The van der Waals surface area contributed by atoms with Crippen molar-refractivity contribution in [3.8, 4) is 12.1 Å². The van der Waals surface area contributed by atoms with Crippen LogP contribution in [0.25, 0.3) is 0 Å². The lowest BCUT2D eigenvalue weighted by molar-refractivity contribution is -0.132. The van der Waals surface area contributed by atoms with Crippen molar-refractivity contribution in [2.24, 2.45) is 0 Å². The minimum absolute atomic E-state index is 0.0146. The average Bonchev–Trinajstić information content (AvgIpc) is 2.79. The van der Waals surface area contributed by atoms with Gasteiger partial charge in [0.1, 0.15) is 6.54 Å². The number of amides is 1. The SMILES string of the molecule is C=C(NC(=O)Cc1ccc(S(=O)(=O)N(CC#N)CCCC)cc1)C(=CC/C(C#N)=C\C)C(=O)O. The predicted octanol–water partition coefficient (Wildman–Crippen LogP) is 3.04. The van der Waals surface area contributed by atoms with Crippen molar-refractivity contribution in [2.45, 2.75) is 44.4 Å². The summed E-state index contributed by atoms with van der Waals surface area (Å²) >= 11 is 0. The molecule has 1 amide bonds. The second kappa shape index (κ2) is 13.7. The first kappa shape index (κ1) is 28.3. The molecular weight excluding hydrogens is 456 g/mol. The molecule has 0 radical (unpaired) electrons. The molecule has 1 aromatic rings. The molecule has 0 heterocycles. The standard InChI is InChI=1S/C24H28N4O5S/c1-4-6-14-28(15-13-25)34(32,33)21-10-7-20(8-11-21)16-23(29)27-18(3)22(24(30)31)12-9-19(5-2)17-26/h5,7-8,10-12H,3-4,6,9,14-16H2,1-2H3,(H,27,29)(H,30,31)/b19-5+,22-12?. The van der Waals surface area contributed by atoms with Gasteiger partial charge in [-0.3, -0.25) is 4.79 Å². The Hall–Kier alpha value is -3.73. The van der Waals surface area contributed by atoms with Crippen molar-refractivity contribution >= 4 is 21.9 Å². The maximum Gasteiger partial charge on any atom is 0.337 e. The topological polar surface area (TPSA) is 151 Å². The van der Waals surface area contributed by atoms with E-state index in [9.17, 15) is 23.1 Å². The summed E-state index contributed by atoms with van der Waals surface area (Å²) < 4.78 is 26.7. The number of nitriles is 2. The van der Waals surface area contributed by atoms with Crippen LogP contribution < -0.4 is 5.32 Å². The molecule has 0 saturated carbocycles. The van der Waals surface area contributed by atoms with Gasteiger partial charge in [-0.25, -0.2) is 13.2 Å². The molecule has 0 atom stereocenters. The molecule has 34 heavy (non-hydrogen) atoms. The molecule has 0 bridgehead atoms. The third kappa shape index (κ3) is 8.32. The van der Waals surface area contributed by atoms with E-state index < -0.39 is 21.9 Å². The molecule has 1 aromatic carbocycles. The molecule has 0 spiro atoms. The van der Waals surface area contributed by atoms with E-state index in [1.807, 2.05) is 19.1 Å². The number of carboxylic acid groups (broad SMARTS) is 1. The zero-order valence-electron chi connectivity index (χ0n) is 19.2. The highest BCUT2D eigenvalue weighted by Gasteiger charge is 2.24. The largest absolute Gasteiger partial charge is 0.478 e. The van der Waals surface area contributed by atoms with E-state index in [0.29, 0.717) is 17.6 Å². The maximum atomic E-state index is 12.8. The van der Waals surface area contributed by atoms with Crippen LogP contribution in [0.1, 0.15) is 38.7 Å². The molecule has 0 unspecified atom stereocenters. The molecule has 0 aromatic heterocycles. The second-order valence-electron chi connectivity index (χ2n) is 7.25. The number of hydrogen-bond donors (Lipinski definition) is 2. The highest BCUT2D eigenvalue weighted by atomic mass is 32.2. The molecule has 0 saturated heterocycles. The molecule has 1 rings (SSSR count). The fraction of sp³-hybridized carbons (Fsp3) is 0.333. The second-order valence-corrected chi connectivity index (χ2v) is 9.19. The number of aliphatic carboxylic acids is 1. The molecule has 2 N–H and O–H groups in total. The molecule has 0 aliphatic heterocycles. The van der Waals surface area contributed by atoms with Crippen LogP contribution >= 0.6 is 0 Å². The summed E-state index contributed by atoms with van der Waals surface area (Å²) in [4.78, 5) is 23.9. The van der Waals surface area contributed by atoms with Gasteiger partial charge in [0.15, 0.2) is 0 Å². The molecule has 180 valence electrons. The molecule has 0 fully saturated rings. The number of carboxylic acids is 1. The Kier molecular flexibility index (Phi) is 11.4. The van der Waals surface area contributed by atoms with Crippen LogP contribution in [0.4, 0.5) is 0 Å². The molecule has 0 aliphatic rings. The van der Waals surface area contributed by atoms with Crippen molar-refractivity contribution in [2.75, 3.05) is 13.1 Å². The first-order valence-electron chi connectivity index (χ1n) is 10.5. The van der Waals surface area contributed by atoms with Crippen molar-refractivity contribution in [3.05, 3.63) is 65.4 Å². The zero-order valence-corrected chi connectivity index (χ0v) is 20.1. The number of sulfonamides is 1.